The van der Waals surface area contributed by atoms with Gasteiger partial charge in [-0.05, 0) is 13.3 Å². The average Bonchev–Trinajstić information content (AvgIpc) is 2.00. The molecule has 2 N–H and O–H groups in total. The molecule has 0 spiro atoms. The molecule has 0 heterocycles. The largest absolute Gasteiger partial charge is 0.480 e. The Hall–Kier alpha value is -0.880. The molecule has 6 heteroatoms. The third-order valence-corrected chi connectivity index (χ3v) is 2.80. The molecule has 0 fully saturated rings. The Balaban J connectivity index is 4.17. The number of carbonyl (C=O) groups is 1. The number of sulfonamides is 1. The van der Waals surface area contributed by atoms with Crippen molar-refractivity contribution in [2.45, 2.75) is 19.4 Å². The Morgan fingerprint density at radius 2 is 2.23 bits per heavy atom. The van der Waals surface area contributed by atoms with Gasteiger partial charge in [0.25, 0.3) is 0 Å². The van der Waals surface area contributed by atoms with Gasteiger partial charge in [0, 0.05) is 0 Å². The molecule has 5 nitrogen and oxygen atoms in total. The summed E-state index contributed by atoms with van der Waals surface area (Å²) in [6.45, 7) is 4.64. The molecule has 0 saturated heterocycles. The molecule has 0 aromatic heterocycles. The van der Waals surface area contributed by atoms with Crippen LogP contribution in [0.25, 0.3) is 0 Å². The molecule has 0 aromatic carbocycles. The number of carboxylic acid groups (broad SMARTS) is 1. The average molecular weight is 207 g/mol. The molecular formula is C7H13NO4S. The summed E-state index contributed by atoms with van der Waals surface area (Å²) >= 11 is 0. The fourth-order valence-corrected chi connectivity index (χ4v) is 1.85. The number of hydrogen-bond acceptors (Lipinski definition) is 3. The van der Waals surface area contributed by atoms with Crippen LogP contribution in [0.2, 0.25) is 0 Å². The van der Waals surface area contributed by atoms with E-state index >= 15 is 0 Å². The number of rotatable bonds is 6. The molecule has 0 aromatic rings. The SMILES string of the molecule is C=CCCS(=O)(=O)NC(C)C(=O)O. The summed E-state index contributed by atoms with van der Waals surface area (Å²) in [6.07, 6.45) is 1.77. The summed E-state index contributed by atoms with van der Waals surface area (Å²) in [6, 6.07) is -1.09. The van der Waals surface area contributed by atoms with E-state index in [1.54, 1.807) is 0 Å². The van der Waals surface area contributed by atoms with E-state index in [1.807, 2.05) is 4.72 Å². The maximum absolute atomic E-state index is 11.1. The minimum absolute atomic E-state index is 0.131. The van der Waals surface area contributed by atoms with Crippen molar-refractivity contribution in [2.24, 2.45) is 0 Å². The van der Waals surface area contributed by atoms with E-state index in [2.05, 4.69) is 6.58 Å². The minimum Gasteiger partial charge on any atom is -0.480 e. The third kappa shape index (κ3) is 5.37. The summed E-state index contributed by atoms with van der Waals surface area (Å²) in [4.78, 5) is 10.3. The Morgan fingerprint density at radius 1 is 1.69 bits per heavy atom. The molecule has 1 unspecified atom stereocenters. The fourth-order valence-electron chi connectivity index (χ4n) is 0.617. The van der Waals surface area contributed by atoms with Crippen LogP contribution in [0.15, 0.2) is 12.7 Å². The van der Waals surface area contributed by atoms with Crippen LogP contribution >= 0.6 is 0 Å². The lowest BCUT2D eigenvalue weighted by Crippen LogP contribution is -2.39. The second kappa shape index (κ2) is 4.98. The summed E-state index contributed by atoms with van der Waals surface area (Å²) in [5.41, 5.74) is 0. The van der Waals surface area contributed by atoms with Gasteiger partial charge in [0.15, 0.2) is 0 Å². The van der Waals surface area contributed by atoms with Crippen LogP contribution < -0.4 is 4.72 Å². The number of hydrogen-bond donors (Lipinski definition) is 2. The predicted molar refractivity (Wildman–Crippen MR) is 48.8 cm³/mol. The van der Waals surface area contributed by atoms with Crippen molar-refractivity contribution in [1.29, 1.82) is 0 Å². The number of aliphatic carboxylic acids is 1. The van der Waals surface area contributed by atoms with E-state index in [4.69, 9.17) is 5.11 Å². The van der Waals surface area contributed by atoms with Gasteiger partial charge in [-0.15, -0.1) is 6.58 Å². The van der Waals surface area contributed by atoms with Crippen molar-refractivity contribution in [3.63, 3.8) is 0 Å². The summed E-state index contributed by atoms with van der Waals surface area (Å²) in [5.74, 6) is -1.32. The second-order valence-electron chi connectivity index (χ2n) is 2.57. The molecule has 0 aliphatic heterocycles. The molecule has 0 bridgehead atoms. The summed E-state index contributed by atoms with van der Waals surface area (Å²) in [5, 5.41) is 8.42. The highest BCUT2D eigenvalue weighted by Gasteiger charge is 2.18. The van der Waals surface area contributed by atoms with E-state index in [0.717, 1.165) is 0 Å². The van der Waals surface area contributed by atoms with Crippen molar-refractivity contribution >= 4 is 16.0 Å². The molecule has 1 atom stereocenters. The standard InChI is InChI=1S/C7H13NO4S/c1-3-4-5-13(11,12)8-6(2)7(9)10/h3,6,8H,1,4-5H2,2H3,(H,9,10). The van der Waals surface area contributed by atoms with Gasteiger partial charge >= 0.3 is 5.97 Å². The molecule has 0 aliphatic rings. The van der Waals surface area contributed by atoms with Gasteiger partial charge in [0.05, 0.1) is 5.75 Å². The molecular weight excluding hydrogens is 194 g/mol. The van der Waals surface area contributed by atoms with Gasteiger partial charge in [0.2, 0.25) is 10.0 Å². The highest BCUT2D eigenvalue weighted by atomic mass is 32.2. The molecule has 0 aliphatic carbocycles. The monoisotopic (exact) mass is 207 g/mol. The maximum atomic E-state index is 11.1. The maximum Gasteiger partial charge on any atom is 0.321 e. The van der Waals surface area contributed by atoms with Crippen molar-refractivity contribution in [3.05, 3.63) is 12.7 Å². The first-order valence-electron chi connectivity index (χ1n) is 3.73. The van der Waals surface area contributed by atoms with Crippen LogP contribution in [0.3, 0.4) is 0 Å². The molecule has 76 valence electrons. The Labute approximate surface area is 77.5 Å². The van der Waals surface area contributed by atoms with Crippen LogP contribution in [-0.2, 0) is 14.8 Å². The molecule has 0 saturated carbocycles. The summed E-state index contributed by atoms with van der Waals surface area (Å²) < 4.78 is 24.2. The molecule has 13 heavy (non-hydrogen) atoms. The first-order chi connectivity index (χ1) is 5.89. The first-order valence-corrected chi connectivity index (χ1v) is 5.38. The van der Waals surface area contributed by atoms with Crippen LogP contribution in [0.5, 0.6) is 0 Å². The quantitative estimate of drug-likeness (QED) is 0.598. The Morgan fingerprint density at radius 3 is 2.62 bits per heavy atom. The Kier molecular flexibility index (Phi) is 4.64. The van der Waals surface area contributed by atoms with Gasteiger partial charge in [-0.2, -0.15) is 0 Å². The zero-order chi connectivity index (χ0) is 10.5. The normalized spacial score (nSPS) is 13.6. The van der Waals surface area contributed by atoms with Crippen LogP contribution in [0, 0.1) is 0 Å². The minimum atomic E-state index is -3.49. The Bertz CT molecular complexity index is 283. The van der Waals surface area contributed by atoms with Crippen LogP contribution in [0.1, 0.15) is 13.3 Å². The van der Waals surface area contributed by atoms with Gasteiger partial charge < -0.3 is 5.11 Å². The zero-order valence-electron chi connectivity index (χ0n) is 7.36. The highest BCUT2D eigenvalue weighted by Crippen LogP contribution is 1.93. The van der Waals surface area contributed by atoms with Gasteiger partial charge in [-0.3, -0.25) is 4.79 Å². The molecule has 0 amide bonds. The van der Waals surface area contributed by atoms with E-state index in [9.17, 15) is 13.2 Å². The van der Waals surface area contributed by atoms with Crippen LogP contribution in [0.4, 0.5) is 0 Å². The lowest BCUT2D eigenvalue weighted by molar-refractivity contribution is -0.138. The van der Waals surface area contributed by atoms with Crippen molar-refractivity contribution < 1.29 is 18.3 Å². The number of nitrogens with one attached hydrogen (secondary N) is 1. The third-order valence-electron chi connectivity index (χ3n) is 1.32. The van der Waals surface area contributed by atoms with E-state index < -0.39 is 22.0 Å². The summed E-state index contributed by atoms with van der Waals surface area (Å²) in [7, 11) is -3.49. The van der Waals surface area contributed by atoms with Crippen molar-refractivity contribution in [2.75, 3.05) is 5.75 Å². The lowest BCUT2D eigenvalue weighted by atomic mass is 10.4. The smallest absolute Gasteiger partial charge is 0.321 e. The zero-order valence-corrected chi connectivity index (χ0v) is 8.17. The second-order valence-corrected chi connectivity index (χ2v) is 4.45. The van der Waals surface area contributed by atoms with Crippen LogP contribution in [-0.4, -0.2) is 31.3 Å². The van der Waals surface area contributed by atoms with E-state index in [-0.39, 0.29) is 5.75 Å². The number of allylic oxidation sites excluding steroid dienone is 1. The van der Waals surface area contributed by atoms with Crippen molar-refractivity contribution in [3.8, 4) is 0 Å². The van der Waals surface area contributed by atoms with E-state index in [0.29, 0.717) is 6.42 Å². The molecule has 0 radical (unpaired) electrons. The van der Waals surface area contributed by atoms with Crippen molar-refractivity contribution in [1.82, 2.24) is 4.72 Å². The number of carboxylic acids is 1. The van der Waals surface area contributed by atoms with E-state index in [1.165, 1.54) is 13.0 Å². The molecule has 0 rings (SSSR count). The van der Waals surface area contributed by atoms with Gasteiger partial charge in [-0.25, -0.2) is 13.1 Å². The van der Waals surface area contributed by atoms with Gasteiger partial charge in [-0.1, -0.05) is 6.08 Å². The lowest BCUT2D eigenvalue weighted by Gasteiger charge is -2.08. The first kappa shape index (κ1) is 12.1. The fraction of sp³-hybridized carbons (Fsp3) is 0.571. The predicted octanol–water partition coefficient (Wildman–Crippen LogP) is -0.0450. The van der Waals surface area contributed by atoms with Gasteiger partial charge in [0.1, 0.15) is 6.04 Å². The topological polar surface area (TPSA) is 83.5 Å². The highest BCUT2D eigenvalue weighted by molar-refractivity contribution is 7.89.